The van der Waals surface area contributed by atoms with Crippen LogP contribution in [-0.2, 0) is 19.7 Å². The van der Waals surface area contributed by atoms with Gasteiger partial charge in [-0.05, 0) is 30.2 Å². The van der Waals surface area contributed by atoms with Crippen molar-refractivity contribution in [2.75, 3.05) is 24.1 Å². The summed E-state index contributed by atoms with van der Waals surface area (Å²) in [5.74, 6) is -1.35. The largest absolute Gasteiger partial charge is 0.388 e. The Hall–Kier alpha value is -2.94. The van der Waals surface area contributed by atoms with Crippen molar-refractivity contribution < 1.29 is 22.4 Å². The molecule has 0 aliphatic carbocycles. The van der Waals surface area contributed by atoms with E-state index in [1.54, 1.807) is 17.9 Å². The van der Waals surface area contributed by atoms with Gasteiger partial charge in [0.25, 0.3) is 0 Å². The van der Waals surface area contributed by atoms with E-state index in [1.165, 1.54) is 12.1 Å². The van der Waals surface area contributed by atoms with Crippen molar-refractivity contribution in [2.45, 2.75) is 37.7 Å². The first-order chi connectivity index (χ1) is 15.2. The zero-order chi connectivity index (χ0) is 22.9. The predicted molar refractivity (Wildman–Crippen MR) is 121 cm³/mol. The van der Waals surface area contributed by atoms with Crippen molar-refractivity contribution in [3.05, 3.63) is 65.5 Å². The highest BCUT2D eigenvalue weighted by Gasteiger charge is 2.43. The van der Waals surface area contributed by atoms with E-state index in [-0.39, 0.29) is 17.2 Å². The second-order valence-electron chi connectivity index (χ2n) is 8.52. The Kier molecular flexibility index (Phi) is 5.94. The lowest BCUT2D eigenvalue weighted by Gasteiger charge is -2.38. The third-order valence-electron chi connectivity index (χ3n) is 6.09. The Bertz CT molecular complexity index is 1140. The number of likely N-dealkylation sites (tertiary alicyclic amines) is 1. The average Bonchev–Trinajstić information content (AvgIpc) is 3.18. The number of hydrogen-bond donors (Lipinski definition) is 1. The minimum Gasteiger partial charge on any atom is -0.388 e. The fourth-order valence-corrected chi connectivity index (χ4v) is 4.77. The van der Waals surface area contributed by atoms with E-state index < -0.39 is 21.8 Å². The molecule has 170 valence electrons. The molecule has 7 nitrogen and oxygen atoms in total. The number of benzene rings is 2. The number of amides is 1. The van der Waals surface area contributed by atoms with Gasteiger partial charge in [-0.3, -0.25) is 9.52 Å². The smallest absolute Gasteiger partial charge is 0.229 e. The molecule has 2 aromatic rings. The molecule has 1 N–H and O–H groups in total. The highest BCUT2D eigenvalue weighted by Crippen LogP contribution is 2.37. The Labute approximate surface area is 187 Å². The van der Waals surface area contributed by atoms with Crippen LogP contribution in [0.4, 0.5) is 10.1 Å². The summed E-state index contributed by atoms with van der Waals surface area (Å²) in [6.45, 7) is 2.81. The molecule has 9 heteroatoms. The summed E-state index contributed by atoms with van der Waals surface area (Å²) in [5, 5.41) is 4.30. The van der Waals surface area contributed by atoms with Crippen LogP contribution in [0.15, 0.2) is 53.7 Å². The van der Waals surface area contributed by atoms with Crippen LogP contribution in [0, 0.1) is 5.82 Å². The molecule has 1 atom stereocenters. The minimum atomic E-state index is -3.59. The van der Waals surface area contributed by atoms with Crippen LogP contribution < -0.4 is 4.72 Å². The van der Waals surface area contributed by atoms with Gasteiger partial charge in [-0.15, -0.1) is 0 Å². The topological polar surface area (TPSA) is 88.1 Å². The van der Waals surface area contributed by atoms with E-state index in [1.807, 2.05) is 30.3 Å². The van der Waals surface area contributed by atoms with Gasteiger partial charge in [0, 0.05) is 32.4 Å². The summed E-state index contributed by atoms with van der Waals surface area (Å²) in [5.41, 5.74) is 1.96. The number of anilines is 1. The zero-order valence-corrected chi connectivity index (χ0v) is 18.9. The molecule has 2 aliphatic heterocycles. The van der Waals surface area contributed by atoms with E-state index in [9.17, 15) is 17.6 Å². The number of sulfonamides is 1. The van der Waals surface area contributed by atoms with E-state index >= 15 is 0 Å². The molecule has 1 unspecified atom stereocenters. The maximum absolute atomic E-state index is 14.3. The van der Waals surface area contributed by atoms with Crippen molar-refractivity contribution in [3.8, 4) is 0 Å². The van der Waals surface area contributed by atoms with E-state index in [0.29, 0.717) is 37.9 Å². The zero-order valence-electron chi connectivity index (χ0n) is 18.0. The average molecular weight is 460 g/mol. The highest BCUT2D eigenvalue weighted by atomic mass is 32.2. The first kappa shape index (κ1) is 22.3. The Morgan fingerprint density at radius 2 is 1.88 bits per heavy atom. The number of nitrogens with one attached hydrogen (secondary N) is 1. The minimum absolute atomic E-state index is 0.0923. The van der Waals surface area contributed by atoms with Crippen LogP contribution in [0.1, 0.15) is 43.2 Å². The number of oxime groups is 1. The molecule has 1 fully saturated rings. The summed E-state index contributed by atoms with van der Waals surface area (Å²) < 4.78 is 39.1. The fourth-order valence-electron chi connectivity index (χ4n) is 4.21. The number of halogens is 1. The third-order valence-corrected chi connectivity index (χ3v) is 6.68. The molecule has 2 heterocycles. The second-order valence-corrected chi connectivity index (χ2v) is 10.3. The molecule has 0 saturated carbocycles. The molecule has 0 aromatic heterocycles. The molecule has 1 spiro atoms. The standard InChI is InChI=1S/C23H26FN3O4S/c1-16(18-8-9-20(19(24)14-18)26-32(2,29)30)22(28)27-12-10-23(11-13-27)15-21(25-31-23)17-6-4-3-5-7-17/h3-9,14,16,26H,10-13,15H2,1-2H3. The Morgan fingerprint density at radius 3 is 2.50 bits per heavy atom. The lowest BCUT2D eigenvalue weighted by Crippen LogP contribution is -2.47. The maximum atomic E-state index is 14.3. The summed E-state index contributed by atoms with van der Waals surface area (Å²) in [7, 11) is -3.59. The number of hydrogen-bond acceptors (Lipinski definition) is 5. The molecule has 2 aromatic carbocycles. The van der Waals surface area contributed by atoms with E-state index in [0.717, 1.165) is 17.5 Å². The van der Waals surface area contributed by atoms with Crippen molar-refractivity contribution >= 4 is 27.3 Å². The Morgan fingerprint density at radius 1 is 1.19 bits per heavy atom. The van der Waals surface area contributed by atoms with Crippen LogP contribution in [0.2, 0.25) is 0 Å². The first-order valence-electron chi connectivity index (χ1n) is 10.5. The molecule has 0 radical (unpaired) electrons. The summed E-state index contributed by atoms with van der Waals surface area (Å²) >= 11 is 0. The quantitative estimate of drug-likeness (QED) is 0.742. The molecule has 32 heavy (non-hydrogen) atoms. The number of rotatable bonds is 5. The van der Waals surface area contributed by atoms with E-state index in [4.69, 9.17) is 4.84 Å². The number of carbonyl (C=O) groups excluding carboxylic acids is 1. The molecular weight excluding hydrogens is 433 g/mol. The van der Waals surface area contributed by atoms with Gasteiger partial charge in [0.2, 0.25) is 15.9 Å². The Balaban J connectivity index is 1.37. The number of carbonyl (C=O) groups is 1. The van der Waals surface area contributed by atoms with Gasteiger partial charge in [0.05, 0.1) is 23.6 Å². The van der Waals surface area contributed by atoms with Gasteiger partial charge in [-0.25, -0.2) is 12.8 Å². The number of nitrogens with zero attached hydrogens (tertiary/aromatic N) is 2. The van der Waals surface area contributed by atoms with Gasteiger partial charge in [0.15, 0.2) is 0 Å². The molecular formula is C23H26FN3O4S. The highest BCUT2D eigenvalue weighted by molar-refractivity contribution is 7.92. The van der Waals surface area contributed by atoms with Gasteiger partial charge in [-0.2, -0.15) is 0 Å². The third kappa shape index (κ3) is 4.77. The predicted octanol–water partition coefficient (Wildman–Crippen LogP) is 3.49. The van der Waals surface area contributed by atoms with Gasteiger partial charge in [0.1, 0.15) is 11.4 Å². The van der Waals surface area contributed by atoms with Gasteiger partial charge < -0.3 is 9.74 Å². The fraction of sp³-hybridized carbons (Fsp3) is 0.391. The molecule has 4 rings (SSSR count). The lowest BCUT2D eigenvalue weighted by atomic mass is 9.85. The van der Waals surface area contributed by atoms with Gasteiger partial charge in [-0.1, -0.05) is 41.6 Å². The van der Waals surface area contributed by atoms with E-state index in [2.05, 4.69) is 9.88 Å². The SMILES string of the molecule is CC(C(=O)N1CCC2(CC1)CC(c1ccccc1)=NO2)c1ccc(NS(C)(=O)=O)c(F)c1. The van der Waals surface area contributed by atoms with Crippen LogP contribution in [0.3, 0.4) is 0 Å². The van der Waals surface area contributed by atoms with Crippen LogP contribution in [0.25, 0.3) is 0 Å². The van der Waals surface area contributed by atoms with Crippen molar-refractivity contribution in [1.82, 2.24) is 4.90 Å². The first-order valence-corrected chi connectivity index (χ1v) is 12.4. The lowest BCUT2D eigenvalue weighted by molar-refractivity contribution is -0.138. The summed E-state index contributed by atoms with van der Waals surface area (Å²) in [6.07, 6.45) is 3.03. The molecule has 1 amide bonds. The van der Waals surface area contributed by atoms with Crippen molar-refractivity contribution in [2.24, 2.45) is 5.16 Å². The normalized spacial score (nSPS) is 18.7. The molecule has 0 bridgehead atoms. The van der Waals surface area contributed by atoms with Crippen molar-refractivity contribution in [1.29, 1.82) is 0 Å². The second kappa shape index (κ2) is 8.54. The maximum Gasteiger partial charge on any atom is 0.229 e. The van der Waals surface area contributed by atoms with Crippen LogP contribution in [-0.4, -0.2) is 49.9 Å². The molecule has 1 saturated heterocycles. The summed E-state index contributed by atoms with van der Waals surface area (Å²) in [4.78, 5) is 20.6. The molecule has 2 aliphatic rings. The van der Waals surface area contributed by atoms with Crippen molar-refractivity contribution in [3.63, 3.8) is 0 Å². The van der Waals surface area contributed by atoms with Crippen LogP contribution in [0.5, 0.6) is 0 Å². The summed E-state index contributed by atoms with van der Waals surface area (Å²) in [6, 6.07) is 14.1. The number of piperidine rings is 1. The van der Waals surface area contributed by atoms with Gasteiger partial charge >= 0.3 is 0 Å². The van der Waals surface area contributed by atoms with Crippen LogP contribution >= 0.6 is 0 Å². The monoisotopic (exact) mass is 459 g/mol.